The van der Waals surface area contributed by atoms with Gasteiger partial charge in [-0.2, -0.15) is 0 Å². The smallest absolute Gasteiger partial charge is 0.191 e. The van der Waals surface area contributed by atoms with Crippen LogP contribution >= 0.6 is 11.6 Å². The highest BCUT2D eigenvalue weighted by atomic mass is 35.5. The van der Waals surface area contributed by atoms with Crippen molar-refractivity contribution in [3.05, 3.63) is 52.4 Å². The Morgan fingerprint density at radius 1 is 1.25 bits per heavy atom. The van der Waals surface area contributed by atoms with Gasteiger partial charge in [0.05, 0.1) is 12.2 Å². The Hall–Kier alpha value is -2.01. The highest BCUT2D eigenvalue weighted by molar-refractivity contribution is 6.30. The predicted octanol–water partition coefficient (Wildman–Crippen LogP) is 3.75. The lowest BCUT2D eigenvalue weighted by atomic mass is 10.1. The molecule has 6 heteroatoms. The third-order valence-corrected chi connectivity index (χ3v) is 3.92. The van der Waals surface area contributed by atoms with Crippen molar-refractivity contribution in [1.29, 1.82) is 0 Å². The van der Waals surface area contributed by atoms with Gasteiger partial charge in [-0.05, 0) is 36.5 Å². The summed E-state index contributed by atoms with van der Waals surface area (Å²) in [5, 5.41) is 11.4. The summed E-state index contributed by atoms with van der Waals surface area (Å²) < 4.78 is 5.31. The zero-order valence-corrected chi connectivity index (χ0v) is 15.2. The molecule has 0 aliphatic rings. The van der Waals surface area contributed by atoms with Gasteiger partial charge in [0.15, 0.2) is 11.7 Å². The molecule has 0 fully saturated rings. The van der Waals surface area contributed by atoms with Crippen LogP contribution in [0.2, 0.25) is 5.02 Å². The second-order valence-electron chi connectivity index (χ2n) is 5.96. The summed E-state index contributed by atoms with van der Waals surface area (Å²) in [6.45, 7) is 5.60. The fourth-order valence-electron chi connectivity index (χ4n) is 2.23. The number of hydrogen-bond acceptors (Lipinski definition) is 3. The molecular weight excluding hydrogens is 324 g/mol. The molecular formula is C18H25ClN4O. The number of guanidine groups is 1. The van der Waals surface area contributed by atoms with Crippen molar-refractivity contribution in [2.45, 2.75) is 39.2 Å². The van der Waals surface area contributed by atoms with Crippen molar-refractivity contribution >= 4 is 17.6 Å². The van der Waals surface area contributed by atoms with E-state index in [1.807, 2.05) is 18.2 Å². The van der Waals surface area contributed by atoms with Crippen LogP contribution in [0.1, 0.15) is 43.2 Å². The van der Waals surface area contributed by atoms with Gasteiger partial charge in [-0.15, -0.1) is 0 Å². The van der Waals surface area contributed by atoms with Crippen molar-refractivity contribution in [3.8, 4) is 0 Å². The van der Waals surface area contributed by atoms with Crippen LogP contribution in [-0.4, -0.2) is 24.7 Å². The van der Waals surface area contributed by atoms with Crippen LogP contribution in [0.5, 0.6) is 0 Å². The molecule has 1 heterocycles. The number of hydrogen-bond donors (Lipinski definition) is 2. The summed E-state index contributed by atoms with van der Waals surface area (Å²) in [5.74, 6) is 1.93. The Labute approximate surface area is 148 Å². The first-order valence-corrected chi connectivity index (χ1v) is 8.60. The molecule has 130 valence electrons. The highest BCUT2D eigenvalue weighted by Crippen LogP contribution is 2.13. The molecule has 1 aromatic carbocycles. The molecule has 0 saturated carbocycles. The minimum atomic E-state index is 0.368. The lowest BCUT2D eigenvalue weighted by molar-refractivity contribution is 0.372. The van der Waals surface area contributed by atoms with Crippen LogP contribution in [-0.2, 0) is 13.0 Å². The number of rotatable bonds is 7. The first-order valence-electron chi connectivity index (χ1n) is 8.23. The molecule has 0 bridgehead atoms. The molecule has 0 spiro atoms. The Morgan fingerprint density at radius 2 is 2.00 bits per heavy atom. The second-order valence-corrected chi connectivity index (χ2v) is 6.39. The largest absolute Gasteiger partial charge is 0.359 e. The van der Waals surface area contributed by atoms with E-state index in [1.54, 1.807) is 7.05 Å². The number of aromatic nitrogens is 1. The van der Waals surface area contributed by atoms with Crippen LogP contribution < -0.4 is 10.6 Å². The van der Waals surface area contributed by atoms with E-state index in [4.69, 9.17) is 16.1 Å². The molecule has 5 nitrogen and oxygen atoms in total. The zero-order valence-electron chi connectivity index (χ0n) is 14.5. The van der Waals surface area contributed by atoms with Crippen LogP contribution in [0.4, 0.5) is 0 Å². The lowest BCUT2D eigenvalue weighted by Gasteiger charge is -2.10. The molecule has 1 aromatic heterocycles. The first kappa shape index (κ1) is 18.3. The van der Waals surface area contributed by atoms with Crippen molar-refractivity contribution in [2.24, 2.45) is 4.99 Å². The fraction of sp³-hybridized carbons (Fsp3) is 0.444. The van der Waals surface area contributed by atoms with Gasteiger partial charge in [0.2, 0.25) is 0 Å². The third kappa shape index (κ3) is 5.89. The van der Waals surface area contributed by atoms with Gasteiger partial charge in [-0.25, -0.2) is 0 Å². The van der Waals surface area contributed by atoms with E-state index in [-0.39, 0.29) is 0 Å². The van der Waals surface area contributed by atoms with Crippen LogP contribution in [0.25, 0.3) is 0 Å². The summed E-state index contributed by atoms with van der Waals surface area (Å²) in [7, 11) is 1.76. The van der Waals surface area contributed by atoms with Crippen molar-refractivity contribution in [2.75, 3.05) is 13.6 Å². The molecule has 2 aromatic rings. The van der Waals surface area contributed by atoms with Gasteiger partial charge >= 0.3 is 0 Å². The molecule has 24 heavy (non-hydrogen) atoms. The van der Waals surface area contributed by atoms with Gasteiger partial charge in [-0.1, -0.05) is 42.7 Å². The molecule has 2 rings (SSSR count). The maximum atomic E-state index is 5.89. The molecule has 0 unspecified atom stereocenters. The molecule has 0 aliphatic carbocycles. The number of aryl methyl sites for hydroxylation is 1. The van der Waals surface area contributed by atoms with Gasteiger partial charge in [-0.3, -0.25) is 4.99 Å². The van der Waals surface area contributed by atoms with Gasteiger partial charge in [0, 0.05) is 24.7 Å². The zero-order chi connectivity index (χ0) is 17.4. The first-order chi connectivity index (χ1) is 11.6. The Bertz CT molecular complexity index is 649. The van der Waals surface area contributed by atoms with E-state index in [1.165, 1.54) is 5.56 Å². The lowest BCUT2D eigenvalue weighted by Crippen LogP contribution is -2.37. The van der Waals surface area contributed by atoms with Gasteiger partial charge < -0.3 is 15.2 Å². The standard InChI is InChI=1S/C18H25ClN4O/c1-13(2)17-11-16(24-23-17)12-22-18(20-3)21-10-4-5-14-6-8-15(19)9-7-14/h6-9,11,13H,4-5,10,12H2,1-3H3,(H2,20,21,22). The van der Waals surface area contributed by atoms with E-state index in [0.717, 1.165) is 41.8 Å². The van der Waals surface area contributed by atoms with E-state index in [2.05, 4.69) is 46.8 Å². The Kier molecular flexibility index (Phi) is 7.12. The van der Waals surface area contributed by atoms with Crippen LogP contribution in [0.3, 0.4) is 0 Å². The number of nitrogens with one attached hydrogen (secondary N) is 2. The molecule has 0 atom stereocenters. The summed E-state index contributed by atoms with van der Waals surface area (Å²) in [6.07, 6.45) is 2.02. The average Bonchev–Trinajstić information content (AvgIpc) is 3.05. The summed E-state index contributed by atoms with van der Waals surface area (Å²) in [4.78, 5) is 4.22. The van der Waals surface area contributed by atoms with Crippen molar-refractivity contribution in [1.82, 2.24) is 15.8 Å². The molecule has 0 radical (unpaired) electrons. The number of benzene rings is 1. The maximum absolute atomic E-state index is 5.89. The number of aliphatic imine (C=N–C) groups is 1. The minimum absolute atomic E-state index is 0.368. The number of halogens is 1. The molecule has 0 amide bonds. The van der Waals surface area contributed by atoms with E-state index in [9.17, 15) is 0 Å². The summed E-state index contributed by atoms with van der Waals surface area (Å²) in [5.41, 5.74) is 2.25. The fourth-order valence-corrected chi connectivity index (χ4v) is 2.35. The number of nitrogens with zero attached hydrogens (tertiary/aromatic N) is 2. The Balaban J connectivity index is 1.69. The second kappa shape index (κ2) is 9.33. The summed E-state index contributed by atoms with van der Waals surface area (Å²) in [6, 6.07) is 9.95. The summed E-state index contributed by atoms with van der Waals surface area (Å²) >= 11 is 5.89. The van der Waals surface area contributed by atoms with Gasteiger partial charge in [0.25, 0.3) is 0 Å². The van der Waals surface area contributed by atoms with Gasteiger partial charge in [0.1, 0.15) is 0 Å². The Morgan fingerprint density at radius 3 is 2.62 bits per heavy atom. The monoisotopic (exact) mass is 348 g/mol. The molecule has 0 aliphatic heterocycles. The SMILES string of the molecule is CN=C(NCCCc1ccc(Cl)cc1)NCc1cc(C(C)C)no1. The van der Waals surface area contributed by atoms with Crippen LogP contribution in [0.15, 0.2) is 39.8 Å². The quantitative estimate of drug-likeness (QED) is 0.454. The average molecular weight is 349 g/mol. The van der Waals surface area contributed by atoms with Crippen LogP contribution in [0, 0.1) is 0 Å². The maximum Gasteiger partial charge on any atom is 0.191 e. The molecule has 2 N–H and O–H groups in total. The normalized spacial score (nSPS) is 11.8. The molecule has 0 saturated heterocycles. The minimum Gasteiger partial charge on any atom is -0.359 e. The third-order valence-electron chi connectivity index (χ3n) is 3.67. The van der Waals surface area contributed by atoms with Crippen molar-refractivity contribution < 1.29 is 4.52 Å². The topological polar surface area (TPSA) is 62.5 Å². The highest BCUT2D eigenvalue weighted by Gasteiger charge is 2.08. The van der Waals surface area contributed by atoms with E-state index < -0.39 is 0 Å². The van der Waals surface area contributed by atoms with Crippen molar-refractivity contribution in [3.63, 3.8) is 0 Å². The predicted molar refractivity (Wildman–Crippen MR) is 98.6 cm³/mol. The van der Waals surface area contributed by atoms with E-state index in [0.29, 0.717) is 12.5 Å². The van der Waals surface area contributed by atoms with E-state index >= 15 is 0 Å².